The molecule has 0 unspecified atom stereocenters. The van der Waals surface area contributed by atoms with Gasteiger partial charge in [0.15, 0.2) is 0 Å². The highest BCUT2D eigenvalue weighted by molar-refractivity contribution is 5.85. The van der Waals surface area contributed by atoms with Crippen LogP contribution in [0.3, 0.4) is 0 Å². The summed E-state index contributed by atoms with van der Waals surface area (Å²) in [5.41, 5.74) is 5.96. The quantitative estimate of drug-likeness (QED) is 0.784. The van der Waals surface area contributed by atoms with Gasteiger partial charge in [-0.2, -0.15) is 0 Å². The van der Waals surface area contributed by atoms with Crippen LogP contribution >= 0.6 is 24.8 Å². The lowest BCUT2D eigenvalue weighted by Gasteiger charge is -2.39. The Morgan fingerprint density at radius 2 is 1.65 bits per heavy atom. The smallest absolute Gasteiger partial charge is 0.237 e. The van der Waals surface area contributed by atoms with Crippen LogP contribution in [0.2, 0.25) is 0 Å². The number of hydrogen-bond donors (Lipinski definition) is 2. The van der Waals surface area contributed by atoms with Gasteiger partial charge in [0.1, 0.15) is 0 Å². The molecule has 1 saturated heterocycles. The first-order valence-corrected chi connectivity index (χ1v) is 8.86. The molecule has 2 aliphatic rings. The lowest BCUT2D eigenvalue weighted by molar-refractivity contribution is -0.123. The van der Waals surface area contributed by atoms with Gasteiger partial charge in [0, 0.05) is 25.2 Å². The van der Waals surface area contributed by atoms with Crippen LogP contribution in [0.5, 0.6) is 0 Å². The van der Waals surface area contributed by atoms with Crippen LogP contribution in [-0.2, 0) is 4.79 Å². The predicted octanol–water partition coefficient (Wildman–Crippen LogP) is 3.12. The molecule has 1 heterocycles. The molecule has 0 spiro atoms. The Morgan fingerprint density at radius 3 is 2.17 bits per heavy atom. The Balaban J connectivity index is 0.00000242. The fraction of sp³-hybridized carbons (Fsp3) is 0.941. The van der Waals surface area contributed by atoms with Gasteiger partial charge in [0.2, 0.25) is 5.91 Å². The van der Waals surface area contributed by atoms with Crippen molar-refractivity contribution in [3.05, 3.63) is 0 Å². The molecule has 2 fully saturated rings. The summed E-state index contributed by atoms with van der Waals surface area (Å²) in [6.07, 6.45) is 9.88. The highest BCUT2D eigenvalue weighted by atomic mass is 35.5. The molecule has 0 bridgehead atoms. The van der Waals surface area contributed by atoms with E-state index in [1.807, 2.05) is 0 Å². The summed E-state index contributed by atoms with van der Waals surface area (Å²) >= 11 is 0. The molecule has 6 heteroatoms. The maximum Gasteiger partial charge on any atom is 0.237 e. The summed E-state index contributed by atoms with van der Waals surface area (Å²) in [6.45, 7) is 6.48. The molecule has 1 atom stereocenters. The molecule has 138 valence electrons. The van der Waals surface area contributed by atoms with E-state index in [1.54, 1.807) is 0 Å². The van der Waals surface area contributed by atoms with E-state index in [-0.39, 0.29) is 36.8 Å². The molecule has 1 aliphatic carbocycles. The Hall–Kier alpha value is -0.0300. The minimum Gasteiger partial charge on any atom is -0.352 e. The maximum absolute atomic E-state index is 12.1. The van der Waals surface area contributed by atoms with E-state index < -0.39 is 0 Å². The monoisotopic (exact) mass is 367 g/mol. The molecule has 1 amide bonds. The van der Waals surface area contributed by atoms with Crippen LogP contribution in [0.25, 0.3) is 0 Å². The first kappa shape index (κ1) is 23.0. The van der Waals surface area contributed by atoms with Crippen LogP contribution in [0.4, 0.5) is 0 Å². The summed E-state index contributed by atoms with van der Waals surface area (Å²) in [5, 5.41) is 3.16. The van der Waals surface area contributed by atoms with Gasteiger partial charge in [-0.15, -0.1) is 24.8 Å². The van der Waals surface area contributed by atoms with Gasteiger partial charge in [-0.3, -0.25) is 4.79 Å². The van der Waals surface area contributed by atoms with Gasteiger partial charge >= 0.3 is 0 Å². The SMILES string of the molecule is CC(C)C[C@H](N)C(=O)NC1CCN(C2CCCCC2)CC1.Cl.Cl. The number of carbonyl (C=O) groups is 1. The maximum atomic E-state index is 12.1. The fourth-order valence-corrected chi connectivity index (χ4v) is 3.78. The lowest BCUT2D eigenvalue weighted by atomic mass is 9.92. The number of amides is 1. The van der Waals surface area contributed by atoms with Crippen LogP contribution in [0, 0.1) is 5.92 Å². The zero-order valence-corrected chi connectivity index (χ0v) is 16.3. The number of nitrogens with zero attached hydrogens (tertiary/aromatic N) is 1. The normalized spacial score (nSPS) is 22.1. The number of hydrogen-bond acceptors (Lipinski definition) is 3. The second-order valence-electron chi connectivity index (χ2n) is 7.35. The van der Waals surface area contributed by atoms with Crippen molar-refractivity contribution in [1.29, 1.82) is 0 Å². The van der Waals surface area contributed by atoms with E-state index in [9.17, 15) is 4.79 Å². The van der Waals surface area contributed by atoms with Gasteiger partial charge in [-0.25, -0.2) is 0 Å². The van der Waals surface area contributed by atoms with Crippen molar-refractivity contribution >= 4 is 30.7 Å². The van der Waals surface area contributed by atoms with Gasteiger partial charge in [-0.1, -0.05) is 33.1 Å². The minimum absolute atomic E-state index is 0. The van der Waals surface area contributed by atoms with Gasteiger partial charge in [-0.05, 0) is 38.0 Å². The third-order valence-corrected chi connectivity index (χ3v) is 5.03. The highest BCUT2D eigenvalue weighted by Gasteiger charge is 2.27. The fourth-order valence-electron chi connectivity index (χ4n) is 3.78. The van der Waals surface area contributed by atoms with Crippen molar-refractivity contribution in [2.75, 3.05) is 13.1 Å². The molecule has 23 heavy (non-hydrogen) atoms. The molecule has 1 aliphatic heterocycles. The molecule has 0 aromatic rings. The molecular formula is C17H35Cl2N3O. The van der Waals surface area contributed by atoms with Crippen molar-refractivity contribution in [3.63, 3.8) is 0 Å². The third-order valence-electron chi connectivity index (χ3n) is 5.03. The van der Waals surface area contributed by atoms with Crippen molar-refractivity contribution < 1.29 is 4.79 Å². The van der Waals surface area contributed by atoms with Crippen molar-refractivity contribution in [2.24, 2.45) is 11.7 Å². The van der Waals surface area contributed by atoms with Gasteiger partial charge < -0.3 is 16.0 Å². The largest absolute Gasteiger partial charge is 0.352 e. The Bertz CT molecular complexity index is 328. The standard InChI is InChI=1S/C17H33N3O.2ClH/c1-13(2)12-16(18)17(21)19-14-8-10-20(11-9-14)15-6-4-3-5-7-15;;/h13-16H,3-12,18H2,1-2H3,(H,19,21);2*1H/t16-;;/m0../s1. The molecule has 3 N–H and O–H groups in total. The van der Waals surface area contributed by atoms with Crippen molar-refractivity contribution in [2.45, 2.75) is 83.3 Å². The number of likely N-dealkylation sites (tertiary alicyclic amines) is 1. The zero-order chi connectivity index (χ0) is 15.2. The first-order chi connectivity index (χ1) is 10.1. The summed E-state index contributed by atoms with van der Waals surface area (Å²) in [4.78, 5) is 14.7. The van der Waals surface area contributed by atoms with Crippen molar-refractivity contribution in [1.82, 2.24) is 10.2 Å². The number of nitrogens with two attached hydrogens (primary N) is 1. The molecule has 4 nitrogen and oxygen atoms in total. The van der Waals surface area contributed by atoms with Gasteiger partial charge in [0.25, 0.3) is 0 Å². The summed E-state index contributed by atoms with van der Waals surface area (Å²) in [6, 6.07) is 0.788. The number of piperidine rings is 1. The van der Waals surface area contributed by atoms with E-state index in [1.165, 1.54) is 32.1 Å². The summed E-state index contributed by atoms with van der Waals surface area (Å²) in [5.74, 6) is 0.513. The first-order valence-electron chi connectivity index (χ1n) is 8.86. The molecular weight excluding hydrogens is 333 g/mol. The van der Waals surface area contributed by atoms with Crippen LogP contribution in [0.1, 0.15) is 65.2 Å². The number of nitrogens with one attached hydrogen (secondary N) is 1. The molecule has 2 rings (SSSR count). The van der Waals surface area contributed by atoms with E-state index in [0.717, 1.165) is 38.4 Å². The average Bonchev–Trinajstić information content (AvgIpc) is 2.48. The van der Waals surface area contributed by atoms with Crippen LogP contribution in [-0.4, -0.2) is 42.0 Å². The molecule has 1 saturated carbocycles. The highest BCUT2D eigenvalue weighted by Crippen LogP contribution is 2.25. The predicted molar refractivity (Wildman–Crippen MR) is 102 cm³/mol. The van der Waals surface area contributed by atoms with Crippen LogP contribution < -0.4 is 11.1 Å². The zero-order valence-electron chi connectivity index (χ0n) is 14.6. The van der Waals surface area contributed by atoms with Crippen molar-refractivity contribution in [3.8, 4) is 0 Å². The van der Waals surface area contributed by atoms with E-state index in [4.69, 9.17) is 5.73 Å². The number of carbonyl (C=O) groups excluding carboxylic acids is 1. The van der Waals surface area contributed by atoms with E-state index in [0.29, 0.717) is 12.0 Å². The minimum atomic E-state index is -0.346. The molecule has 0 aromatic carbocycles. The van der Waals surface area contributed by atoms with E-state index in [2.05, 4.69) is 24.1 Å². The summed E-state index contributed by atoms with van der Waals surface area (Å²) < 4.78 is 0. The second-order valence-corrected chi connectivity index (χ2v) is 7.35. The van der Waals surface area contributed by atoms with Crippen LogP contribution in [0.15, 0.2) is 0 Å². The van der Waals surface area contributed by atoms with Gasteiger partial charge in [0.05, 0.1) is 6.04 Å². The Morgan fingerprint density at radius 1 is 1.09 bits per heavy atom. The molecule has 0 radical (unpaired) electrons. The third kappa shape index (κ3) is 7.59. The number of rotatable bonds is 5. The summed E-state index contributed by atoms with van der Waals surface area (Å²) in [7, 11) is 0. The van der Waals surface area contributed by atoms with E-state index >= 15 is 0 Å². The Kier molecular flexibility index (Phi) is 11.5. The topological polar surface area (TPSA) is 58.4 Å². The number of halogens is 2. The lowest BCUT2D eigenvalue weighted by Crippen LogP contribution is -2.51. The average molecular weight is 368 g/mol. The molecule has 0 aromatic heterocycles. The Labute approximate surface area is 154 Å². The second kappa shape index (κ2) is 11.5.